The van der Waals surface area contributed by atoms with Gasteiger partial charge in [-0.2, -0.15) is 0 Å². The Morgan fingerprint density at radius 1 is 1.06 bits per heavy atom. The smallest absolute Gasteiger partial charge is 0.102 e. The van der Waals surface area contributed by atoms with Crippen molar-refractivity contribution in [3.05, 3.63) is 11.8 Å². The van der Waals surface area contributed by atoms with Gasteiger partial charge in [-0.05, 0) is 44.1 Å². The summed E-state index contributed by atoms with van der Waals surface area (Å²) in [6, 6.07) is 0. The number of hydrogen-bond acceptors (Lipinski definition) is 2. The lowest BCUT2D eigenvalue weighted by molar-refractivity contribution is 0.237. The third kappa shape index (κ3) is 4.75. The van der Waals surface area contributed by atoms with Crippen LogP contribution in [0.15, 0.2) is 11.8 Å². The van der Waals surface area contributed by atoms with Crippen LogP contribution >= 0.6 is 0 Å². The Hall–Kier alpha value is -0.310. The molecule has 0 N–H and O–H groups in total. The molecular weight excluding hydrogens is 244 g/mol. The van der Waals surface area contributed by atoms with Gasteiger partial charge in [0.25, 0.3) is 0 Å². The van der Waals surface area contributed by atoms with E-state index in [1.54, 1.807) is 0 Å². The lowest BCUT2D eigenvalue weighted by Crippen LogP contribution is -2.24. The van der Waals surface area contributed by atoms with Crippen LogP contribution in [0.5, 0.6) is 0 Å². The molecule has 0 aromatic carbocycles. The first-order valence-electron chi connectivity index (χ1n) is 7.53. The van der Waals surface area contributed by atoms with Crippen LogP contribution in [-0.2, 0) is 15.5 Å². The Labute approximate surface area is 114 Å². The largest absolute Gasteiger partial charge is 0.500 e. The van der Waals surface area contributed by atoms with Crippen LogP contribution in [-0.4, -0.2) is 21.8 Å². The molecule has 0 aromatic heterocycles. The van der Waals surface area contributed by atoms with Crippen molar-refractivity contribution in [2.75, 3.05) is 12.4 Å². The summed E-state index contributed by atoms with van der Waals surface area (Å²) in [4.78, 5) is 0. The van der Waals surface area contributed by atoms with Crippen LogP contribution in [0.4, 0.5) is 0 Å². The van der Waals surface area contributed by atoms with Crippen molar-refractivity contribution in [3.8, 4) is 0 Å². The van der Waals surface area contributed by atoms with Crippen LogP contribution in [0.2, 0.25) is 0 Å². The highest BCUT2D eigenvalue weighted by molar-refractivity contribution is 7.85. The Morgan fingerprint density at radius 2 is 1.78 bits per heavy atom. The van der Waals surface area contributed by atoms with E-state index in [-0.39, 0.29) is 5.25 Å². The summed E-state index contributed by atoms with van der Waals surface area (Å²) in [7, 11) is -0.667. The SMILES string of the molecule is O=S1CCCCCCC1COC=C1CCCCC1. The zero-order valence-electron chi connectivity index (χ0n) is 11.4. The highest BCUT2D eigenvalue weighted by Crippen LogP contribution is 2.23. The van der Waals surface area contributed by atoms with Crippen molar-refractivity contribution in [1.29, 1.82) is 0 Å². The lowest BCUT2D eigenvalue weighted by Gasteiger charge is -2.19. The van der Waals surface area contributed by atoms with Gasteiger partial charge in [0.05, 0.1) is 11.5 Å². The van der Waals surface area contributed by atoms with Crippen molar-refractivity contribution in [2.45, 2.75) is 69.5 Å². The van der Waals surface area contributed by atoms with E-state index in [1.165, 1.54) is 56.9 Å². The van der Waals surface area contributed by atoms with E-state index in [2.05, 4.69) is 0 Å². The Balaban J connectivity index is 1.74. The maximum absolute atomic E-state index is 12.1. The van der Waals surface area contributed by atoms with Crippen LogP contribution in [0, 0.1) is 0 Å². The summed E-state index contributed by atoms with van der Waals surface area (Å²) in [5.74, 6) is 0.880. The minimum Gasteiger partial charge on any atom is -0.500 e. The molecule has 1 saturated heterocycles. The molecule has 1 heterocycles. The molecular formula is C15H26O2S. The van der Waals surface area contributed by atoms with Gasteiger partial charge in [-0.1, -0.05) is 25.7 Å². The van der Waals surface area contributed by atoms with Crippen molar-refractivity contribution in [1.82, 2.24) is 0 Å². The van der Waals surface area contributed by atoms with Gasteiger partial charge in [0.2, 0.25) is 0 Å². The zero-order valence-corrected chi connectivity index (χ0v) is 12.2. The minimum atomic E-state index is -0.667. The average Bonchev–Trinajstić information content (AvgIpc) is 2.39. The fourth-order valence-electron chi connectivity index (χ4n) is 2.82. The number of hydrogen-bond donors (Lipinski definition) is 0. The number of ether oxygens (including phenoxy) is 1. The predicted octanol–water partition coefficient (Wildman–Crippen LogP) is 3.93. The van der Waals surface area contributed by atoms with Crippen molar-refractivity contribution in [2.24, 2.45) is 0 Å². The molecule has 2 atom stereocenters. The Bertz CT molecular complexity index is 291. The molecule has 104 valence electrons. The predicted molar refractivity (Wildman–Crippen MR) is 77.0 cm³/mol. The lowest BCUT2D eigenvalue weighted by atomic mass is 9.96. The molecule has 2 aliphatic rings. The average molecular weight is 270 g/mol. The standard InChI is InChI=1S/C15H26O2S/c16-18-11-7-2-1-6-10-15(18)13-17-12-14-8-4-3-5-9-14/h12,15H,1-11,13H2. The van der Waals surface area contributed by atoms with Gasteiger partial charge >= 0.3 is 0 Å². The molecule has 0 radical (unpaired) electrons. The number of allylic oxidation sites excluding steroid dienone is 1. The third-order valence-electron chi connectivity index (χ3n) is 4.02. The molecule has 1 aliphatic heterocycles. The van der Waals surface area contributed by atoms with Gasteiger partial charge in [0, 0.05) is 16.6 Å². The van der Waals surface area contributed by atoms with E-state index in [1.807, 2.05) is 6.26 Å². The second-order valence-electron chi connectivity index (χ2n) is 5.58. The summed E-state index contributed by atoms with van der Waals surface area (Å²) in [5, 5.41) is 0.269. The van der Waals surface area contributed by atoms with E-state index < -0.39 is 10.8 Å². The van der Waals surface area contributed by atoms with Crippen molar-refractivity contribution < 1.29 is 8.95 Å². The second kappa shape index (κ2) is 7.98. The molecule has 1 aliphatic carbocycles. The summed E-state index contributed by atoms with van der Waals surface area (Å²) < 4.78 is 17.8. The van der Waals surface area contributed by atoms with E-state index in [0.717, 1.165) is 18.6 Å². The quantitative estimate of drug-likeness (QED) is 0.726. The number of rotatable bonds is 3. The van der Waals surface area contributed by atoms with Gasteiger partial charge < -0.3 is 4.74 Å². The summed E-state index contributed by atoms with van der Waals surface area (Å²) in [5.41, 5.74) is 1.46. The molecule has 2 nitrogen and oxygen atoms in total. The van der Waals surface area contributed by atoms with E-state index in [4.69, 9.17) is 4.74 Å². The highest BCUT2D eigenvalue weighted by atomic mass is 32.2. The zero-order chi connectivity index (χ0) is 12.6. The third-order valence-corrected chi connectivity index (χ3v) is 5.83. The van der Waals surface area contributed by atoms with Gasteiger partial charge in [-0.15, -0.1) is 0 Å². The molecule has 0 amide bonds. The topological polar surface area (TPSA) is 26.3 Å². The van der Waals surface area contributed by atoms with E-state index in [9.17, 15) is 4.21 Å². The first kappa shape index (κ1) is 14.1. The highest BCUT2D eigenvalue weighted by Gasteiger charge is 2.18. The van der Waals surface area contributed by atoms with Gasteiger partial charge in [-0.25, -0.2) is 0 Å². The van der Waals surface area contributed by atoms with Gasteiger partial charge in [-0.3, -0.25) is 4.21 Å². The molecule has 2 fully saturated rings. The van der Waals surface area contributed by atoms with Gasteiger partial charge in [0.1, 0.15) is 6.61 Å². The van der Waals surface area contributed by atoms with Crippen molar-refractivity contribution in [3.63, 3.8) is 0 Å². The molecule has 0 aromatic rings. The molecule has 2 rings (SSSR count). The monoisotopic (exact) mass is 270 g/mol. The summed E-state index contributed by atoms with van der Waals surface area (Å²) in [6.07, 6.45) is 14.3. The fraction of sp³-hybridized carbons (Fsp3) is 0.867. The normalized spacial score (nSPS) is 30.3. The second-order valence-corrected chi connectivity index (χ2v) is 7.42. The van der Waals surface area contributed by atoms with Crippen LogP contribution < -0.4 is 0 Å². The molecule has 2 unspecified atom stereocenters. The first-order chi connectivity index (χ1) is 8.86. The molecule has 3 heteroatoms. The molecule has 0 spiro atoms. The minimum absolute atomic E-state index is 0.269. The maximum atomic E-state index is 12.1. The summed E-state index contributed by atoms with van der Waals surface area (Å²) >= 11 is 0. The van der Waals surface area contributed by atoms with Crippen LogP contribution in [0.3, 0.4) is 0 Å². The van der Waals surface area contributed by atoms with Crippen molar-refractivity contribution >= 4 is 10.8 Å². The first-order valence-corrected chi connectivity index (χ1v) is 8.91. The maximum Gasteiger partial charge on any atom is 0.102 e. The van der Waals surface area contributed by atoms with E-state index >= 15 is 0 Å². The fourth-order valence-corrected chi connectivity index (χ4v) is 4.31. The Kier molecular flexibility index (Phi) is 6.25. The molecule has 18 heavy (non-hydrogen) atoms. The Morgan fingerprint density at radius 3 is 2.61 bits per heavy atom. The summed E-state index contributed by atoms with van der Waals surface area (Å²) in [6.45, 7) is 0.663. The van der Waals surface area contributed by atoms with E-state index in [0.29, 0.717) is 6.61 Å². The molecule has 1 saturated carbocycles. The van der Waals surface area contributed by atoms with Crippen LogP contribution in [0.1, 0.15) is 64.2 Å². The molecule has 0 bridgehead atoms. The van der Waals surface area contributed by atoms with Gasteiger partial charge in [0.15, 0.2) is 0 Å². The van der Waals surface area contributed by atoms with Crippen LogP contribution in [0.25, 0.3) is 0 Å².